The Labute approximate surface area is 123 Å². The van der Waals surface area contributed by atoms with Crippen molar-refractivity contribution in [1.29, 1.82) is 0 Å². The predicted molar refractivity (Wildman–Crippen MR) is 75.1 cm³/mol. The lowest BCUT2D eigenvalue weighted by Gasteiger charge is -2.42. The molecule has 6 nitrogen and oxygen atoms in total. The molecule has 0 spiro atoms. The molecule has 1 heterocycles. The number of amides is 2. The predicted octanol–water partition coefficient (Wildman–Crippen LogP) is 0.419. The fourth-order valence-corrected chi connectivity index (χ4v) is 2.23. The summed E-state index contributed by atoms with van der Waals surface area (Å²) in [6.45, 7) is 1.45. The number of rotatable bonds is 3. The van der Waals surface area contributed by atoms with E-state index in [9.17, 15) is 14.4 Å². The zero-order valence-corrected chi connectivity index (χ0v) is 12.3. The molecule has 6 heteroatoms. The van der Waals surface area contributed by atoms with Gasteiger partial charge in [-0.3, -0.25) is 9.59 Å². The van der Waals surface area contributed by atoms with E-state index in [0.717, 1.165) is 10.5 Å². The summed E-state index contributed by atoms with van der Waals surface area (Å²) in [5, 5.41) is 0. The first-order chi connectivity index (χ1) is 9.87. The average Bonchev–Trinajstić information content (AvgIpc) is 2.49. The molecule has 21 heavy (non-hydrogen) atoms. The third-order valence-corrected chi connectivity index (χ3v) is 3.79. The molecule has 1 atom stereocenters. The molecule has 0 bridgehead atoms. The zero-order valence-electron chi connectivity index (χ0n) is 12.3. The van der Waals surface area contributed by atoms with Gasteiger partial charge in [0.25, 0.3) is 5.91 Å². The Balaban J connectivity index is 2.15. The standard InChI is InChI=1S/C15H18N2O4/c1-15(13(19)16(2)9-12(18)17(15)3)14(20)21-10-11-7-5-4-6-8-11/h4-8H,9-10H2,1-3H3. The molecule has 1 unspecified atom stereocenters. The molecule has 0 radical (unpaired) electrons. The Morgan fingerprint density at radius 1 is 1.24 bits per heavy atom. The molecule has 0 saturated carbocycles. The van der Waals surface area contributed by atoms with Gasteiger partial charge in [0.15, 0.2) is 0 Å². The Morgan fingerprint density at radius 2 is 1.86 bits per heavy atom. The molecule has 1 aromatic rings. The van der Waals surface area contributed by atoms with Crippen LogP contribution in [0.3, 0.4) is 0 Å². The second kappa shape index (κ2) is 5.55. The number of likely N-dealkylation sites (N-methyl/N-ethyl adjacent to an activating group) is 2. The number of carbonyl (C=O) groups excluding carboxylic acids is 3. The van der Waals surface area contributed by atoms with Gasteiger partial charge in [0, 0.05) is 14.1 Å². The van der Waals surface area contributed by atoms with E-state index in [2.05, 4.69) is 0 Å². The van der Waals surface area contributed by atoms with Crippen molar-refractivity contribution in [3.8, 4) is 0 Å². The molecule has 2 amide bonds. The second-order valence-corrected chi connectivity index (χ2v) is 5.25. The number of hydrogen-bond donors (Lipinski definition) is 0. The number of esters is 1. The van der Waals surface area contributed by atoms with E-state index < -0.39 is 17.4 Å². The van der Waals surface area contributed by atoms with Crippen molar-refractivity contribution in [2.75, 3.05) is 20.6 Å². The van der Waals surface area contributed by atoms with Crippen LogP contribution in [0.2, 0.25) is 0 Å². The maximum absolute atomic E-state index is 12.3. The highest BCUT2D eigenvalue weighted by Gasteiger charge is 2.53. The largest absolute Gasteiger partial charge is 0.459 e. The van der Waals surface area contributed by atoms with Crippen LogP contribution >= 0.6 is 0 Å². The third-order valence-electron chi connectivity index (χ3n) is 3.79. The highest BCUT2D eigenvalue weighted by molar-refractivity contribution is 6.12. The zero-order chi connectivity index (χ0) is 15.6. The molecule has 1 aliphatic rings. The Bertz CT molecular complexity index is 572. The van der Waals surface area contributed by atoms with E-state index in [1.54, 1.807) is 0 Å². The van der Waals surface area contributed by atoms with Crippen molar-refractivity contribution in [2.24, 2.45) is 0 Å². The quantitative estimate of drug-likeness (QED) is 0.597. The molecule has 2 rings (SSSR count). The minimum Gasteiger partial charge on any atom is -0.459 e. The summed E-state index contributed by atoms with van der Waals surface area (Å²) in [7, 11) is 2.94. The summed E-state index contributed by atoms with van der Waals surface area (Å²) >= 11 is 0. The fourth-order valence-electron chi connectivity index (χ4n) is 2.23. The van der Waals surface area contributed by atoms with Gasteiger partial charge in [-0.25, -0.2) is 4.79 Å². The van der Waals surface area contributed by atoms with Gasteiger partial charge in [0.1, 0.15) is 6.61 Å². The molecule has 1 aromatic carbocycles. The van der Waals surface area contributed by atoms with Gasteiger partial charge >= 0.3 is 5.97 Å². The Morgan fingerprint density at radius 3 is 2.48 bits per heavy atom. The first-order valence-corrected chi connectivity index (χ1v) is 6.60. The topological polar surface area (TPSA) is 66.9 Å². The van der Waals surface area contributed by atoms with Gasteiger partial charge in [0.05, 0.1) is 6.54 Å². The molecule has 0 N–H and O–H groups in total. The molecule has 0 aromatic heterocycles. The highest BCUT2D eigenvalue weighted by Crippen LogP contribution is 2.23. The van der Waals surface area contributed by atoms with Crippen molar-refractivity contribution in [3.05, 3.63) is 35.9 Å². The van der Waals surface area contributed by atoms with Crippen molar-refractivity contribution in [2.45, 2.75) is 19.1 Å². The van der Waals surface area contributed by atoms with Crippen LogP contribution in [-0.4, -0.2) is 53.8 Å². The highest BCUT2D eigenvalue weighted by atomic mass is 16.5. The van der Waals surface area contributed by atoms with Gasteiger partial charge in [-0.05, 0) is 12.5 Å². The molecular weight excluding hydrogens is 272 g/mol. The molecular formula is C15H18N2O4. The van der Waals surface area contributed by atoms with Gasteiger partial charge in [-0.15, -0.1) is 0 Å². The first kappa shape index (κ1) is 15.0. The Kier molecular flexibility index (Phi) is 3.97. The fraction of sp³-hybridized carbons (Fsp3) is 0.400. The van der Waals surface area contributed by atoms with Crippen LogP contribution < -0.4 is 0 Å². The van der Waals surface area contributed by atoms with Crippen LogP contribution in [0.1, 0.15) is 12.5 Å². The first-order valence-electron chi connectivity index (χ1n) is 6.60. The van der Waals surface area contributed by atoms with Crippen LogP contribution in [-0.2, 0) is 25.7 Å². The lowest BCUT2D eigenvalue weighted by atomic mass is 9.95. The van der Waals surface area contributed by atoms with Gasteiger partial charge in [-0.2, -0.15) is 0 Å². The van der Waals surface area contributed by atoms with Crippen LogP contribution in [0.25, 0.3) is 0 Å². The van der Waals surface area contributed by atoms with Crippen molar-refractivity contribution < 1.29 is 19.1 Å². The number of carbonyl (C=O) groups is 3. The van der Waals surface area contributed by atoms with Crippen molar-refractivity contribution >= 4 is 17.8 Å². The SMILES string of the molecule is CN1CC(=O)N(C)C(C)(C(=O)OCc2ccccc2)C1=O. The summed E-state index contributed by atoms with van der Waals surface area (Å²) < 4.78 is 5.23. The molecule has 1 aliphatic heterocycles. The van der Waals surface area contributed by atoms with Crippen LogP contribution in [0.4, 0.5) is 0 Å². The minimum atomic E-state index is -1.61. The summed E-state index contributed by atoms with van der Waals surface area (Å²) in [4.78, 5) is 38.9. The number of nitrogens with zero attached hydrogens (tertiary/aromatic N) is 2. The monoisotopic (exact) mass is 290 g/mol. The molecule has 112 valence electrons. The van der Waals surface area contributed by atoms with Crippen molar-refractivity contribution in [3.63, 3.8) is 0 Å². The van der Waals surface area contributed by atoms with E-state index in [0.29, 0.717) is 0 Å². The van der Waals surface area contributed by atoms with Gasteiger partial charge < -0.3 is 14.5 Å². The smallest absolute Gasteiger partial charge is 0.342 e. The van der Waals surface area contributed by atoms with E-state index in [4.69, 9.17) is 4.74 Å². The number of hydrogen-bond acceptors (Lipinski definition) is 4. The maximum Gasteiger partial charge on any atom is 0.342 e. The number of ether oxygens (including phenoxy) is 1. The Hall–Kier alpha value is -2.37. The van der Waals surface area contributed by atoms with Gasteiger partial charge in [0.2, 0.25) is 11.4 Å². The summed E-state index contributed by atoms with van der Waals surface area (Å²) in [6, 6.07) is 9.16. The summed E-state index contributed by atoms with van der Waals surface area (Å²) in [6.07, 6.45) is 0. The maximum atomic E-state index is 12.3. The van der Waals surface area contributed by atoms with E-state index in [-0.39, 0.29) is 19.1 Å². The van der Waals surface area contributed by atoms with Crippen molar-refractivity contribution in [1.82, 2.24) is 9.80 Å². The summed E-state index contributed by atoms with van der Waals surface area (Å²) in [5.41, 5.74) is -0.793. The van der Waals surface area contributed by atoms with Crippen LogP contribution in [0, 0.1) is 0 Å². The average molecular weight is 290 g/mol. The molecule has 0 aliphatic carbocycles. The van der Waals surface area contributed by atoms with Crippen LogP contribution in [0.5, 0.6) is 0 Å². The van der Waals surface area contributed by atoms with E-state index in [1.165, 1.54) is 25.9 Å². The van der Waals surface area contributed by atoms with E-state index in [1.807, 2.05) is 30.3 Å². The minimum absolute atomic E-state index is 0.0309. The molecule has 1 saturated heterocycles. The lowest BCUT2D eigenvalue weighted by Crippen LogP contribution is -2.68. The third kappa shape index (κ3) is 2.61. The van der Waals surface area contributed by atoms with Gasteiger partial charge in [-0.1, -0.05) is 30.3 Å². The van der Waals surface area contributed by atoms with E-state index >= 15 is 0 Å². The van der Waals surface area contributed by atoms with Crippen LogP contribution in [0.15, 0.2) is 30.3 Å². The summed E-state index contributed by atoms with van der Waals surface area (Å²) in [5.74, 6) is -1.46. The second-order valence-electron chi connectivity index (χ2n) is 5.25. The molecule has 1 fully saturated rings. The lowest BCUT2D eigenvalue weighted by molar-refractivity contribution is -0.176. The number of piperazine rings is 1. The normalized spacial score (nSPS) is 22.4. The number of benzene rings is 1.